The van der Waals surface area contributed by atoms with Crippen molar-refractivity contribution in [1.29, 1.82) is 5.26 Å². The average Bonchev–Trinajstić information content (AvgIpc) is 3.04. The van der Waals surface area contributed by atoms with Crippen LogP contribution in [0.1, 0.15) is 17.5 Å². The first-order chi connectivity index (χ1) is 11.8. The minimum Gasteiger partial charge on any atom is -0.317 e. The Kier molecular flexibility index (Phi) is 4.99. The second-order valence-corrected chi connectivity index (χ2v) is 6.29. The van der Waals surface area contributed by atoms with E-state index in [9.17, 15) is 10.1 Å². The number of aryl methyl sites for hydroxylation is 1. The van der Waals surface area contributed by atoms with Gasteiger partial charge in [0.15, 0.2) is 0 Å². The largest absolute Gasteiger partial charge is 0.317 e. The number of nitriles is 1. The Bertz CT molecular complexity index is 867. The van der Waals surface area contributed by atoms with E-state index in [0.717, 1.165) is 16.0 Å². The van der Waals surface area contributed by atoms with Gasteiger partial charge in [0.05, 0.1) is 5.56 Å². The SMILES string of the molecule is N#Cc1cc(-c2ccncc2)sc1NC(=O)CCc1ccccc1. The van der Waals surface area contributed by atoms with E-state index in [2.05, 4.69) is 16.4 Å². The molecule has 0 fully saturated rings. The fourth-order valence-corrected chi connectivity index (χ4v) is 3.35. The highest BCUT2D eigenvalue weighted by molar-refractivity contribution is 7.19. The zero-order valence-electron chi connectivity index (χ0n) is 12.9. The van der Waals surface area contributed by atoms with Crippen molar-refractivity contribution in [2.24, 2.45) is 0 Å². The maximum Gasteiger partial charge on any atom is 0.225 e. The number of amides is 1. The summed E-state index contributed by atoms with van der Waals surface area (Å²) in [5.41, 5.74) is 2.59. The van der Waals surface area contributed by atoms with Crippen LogP contribution in [0.2, 0.25) is 0 Å². The van der Waals surface area contributed by atoms with Crippen molar-refractivity contribution in [2.45, 2.75) is 12.8 Å². The lowest BCUT2D eigenvalue weighted by molar-refractivity contribution is -0.116. The summed E-state index contributed by atoms with van der Waals surface area (Å²) in [7, 11) is 0. The van der Waals surface area contributed by atoms with E-state index >= 15 is 0 Å². The van der Waals surface area contributed by atoms with Crippen molar-refractivity contribution < 1.29 is 4.79 Å². The molecule has 0 unspecified atom stereocenters. The first-order valence-corrected chi connectivity index (χ1v) is 8.36. The lowest BCUT2D eigenvalue weighted by Gasteiger charge is -2.03. The highest BCUT2D eigenvalue weighted by Crippen LogP contribution is 2.34. The van der Waals surface area contributed by atoms with Crippen molar-refractivity contribution in [3.63, 3.8) is 0 Å². The molecule has 24 heavy (non-hydrogen) atoms. The quantitative estimate of drug-likeness (QED) is 0.759. The predicted octanol–water partition coefficient (Wildman–Crippen LogP) is 4.25. The van der Waals surface area contributed by atoms with Crippen molar-refractivity contribution >= 4 is 22.2 Å². The second kappa shape index (κ2) is 7.53. The molecule has 3 aromatic rings. The Hall–Kier alpha value is -2.97. The molecule has 0 aliphatic carbocycles. The smallest absolute Gasteiger partial charge is 0.225 e. The number of thiophene rings is 1. The molecule has 3 rings (SSSR count). The molecule has 0 aliphatic rings. The molecule has 0 saturated carbocycles. The number of rotatable bonds is 5. The minimum atomic E-state index is -0.0847. The van der Waals surface area contributed by atoms with Gasteiger partial charge in [-0.3, -0.25) is 9.78 Å². The van der Waals surface area contributed by atoms with Gasteiger partial charge in [-0.15, -0.1) is 11.3 Å². The molecule has 1 aromatic carbocycles. The van der Waals surface area contributed by atoms with Gasteiger partial charge < -0.3 is 5.32 Å². The number of pyridine rings is 1. The third-order valence-electron chi connectivity index (χ3n) is 3.55. The van der Waals surface area contributed by atoms with Crippen LogP contribution in [0.15, 0.2) is 60.9 Å². The molecular formula is C19H15N3OS. The van der Waals surface area contributed by atoms with Gasteiger partial charge in [0, 0.05) is 23.7 Å². The Labute approximate surface area is 144 Å². The molecule has 5 heteroatoms. The number of anilines is 1. The summed E-state index contributed by atoms with van der Waals surface area (Å²) >= 11 is 1.40. The second-order valence-electron chi connectivity index (χ2n) is 5.23. The topological polar surface area (TPSA) is 65.8 Å². The molecule has 4 nitrogen and oxygen atoms in total. The third kappa shape index (κ3) is 3.86. The van der Waals surface area contributed by atoms with Gasteiger partial charge in [-0.1, -0.05) is 30.3 Å². The predicted molar refractivity (Wildman–Crippen MR) is 95.7 cm³/mol. The zero-order chi connectivity index (χ0) is 16.8. The summed E-state index contributed by atoms with van der Waals surface area (Å²) in [6.07, 6.45) is 4.48. The highest BCUT2D eigenvalue weighted by atomic mass is 32.1. The highest BCUT2D eigenvalue weighted by Gasteiger charge is 2.13. The summed E-state index contributed by atoms with van der Waals surface area (Å²) in [5.74, 6) is -0.0847. The number of aromatic nitrogens is 1. The summed E-state index contributed by atoms with van der Waals surface area (Å²) < 4.78 is 0. The van der Waals surface area contributed by atoms with Crippen LogP contribution in [-0.2, 0) is 11.2 Å². The molecule has 1 amide bonds. The molecule has 0 atom stereocenters. The first kappa shape index (κ1) is 15.9. The summed E-state index contributed by atoms with van der Waals surface area (Å²) in [4.78, 5) is 17.1. The lowest BCUT2D eigenvalue weighted by Crippen LogP contribution is -2.12. The van der Waals surface area contributed by atoms with Crippen molar-refractivity contribution in [3.05, 3.63) is 72.1 Å². The molecule has 2 heterocycles. The molecule has 118 valence electrons. The Balaban J connectivity index is 1.69. The van der Waals surface area contributed by atoms with E-state index in [1.807, 2.05) is 42.5 Å². The third-order valence-corrected chi connectivity index (χ3v) is 4.65. The molecule has 1 N–H and O–H groups in total. The van der Waals surface area contributed by atoms with Gasteiger partial charge in [-0.25, -0.2) is 0 Å². The van der Waals surface area contributed by atoms with Crippen molar-refractivity contribution in [2.75, 3.05) is 5.32 Å². The Morgan fingerprint density at radius 3 is 2.62 bits per heavy atom. The van der Waals surface area contributed by atoms with Gasteiger partial charge in [0.25, 0.3) is 0 Å². The van der Waals surface area contributed by atoms with Crippen LogP contribution in [0, 0.1) is 11.3 Å². The fourth-order valence-electron chi connectivity index (χ4n) is 2.32. The number of nitrogens with zero attached hydrogens (tertiary/aromatic N) is 2. The van der Waals surface area contributed by atoms with Gasteiger partial charge in [0.1, 0.15) is 11.1 Å². The van der Waals surface area contributed by atoms with E-state index < -0.39 is 0 Å². The maximum atomic E-state index is 12.2. The molecule has 2 aromatic heterocycles. The minimum absolute atomic E-state index is 0.0847. The number of carbonyl (C=O) groups excluding carboxylic acids is 1. The lowest BCUT2D eigenvalue weighted by atomic mass is 10.1. The van der Waals surface area contributed by atoms with Gasteiger partial charge in [0.2, 0.25) is 5.91 Å². The van der Waals surface area contributed by atoms with Gasteiger partial charge in [-0.2, -0.15) is 5.26 Å². The first-order valence-electron chi connectivity index (χ1n) is 7.54. The molecule has 0 spiro atoms. The van der Waals surface area contributed by atoms with Crippen LogP contribution < -0.4 is 5.32 Å². The molecule has 0 bridgehead atoms. The number of carbonyl (C=O) groups is 1. The zero-order valence-corrected chi connectivity index (χ0v) is 13.7. The number of benzene rings is 1. The van der Waals surface area contributed by atoms with E-state index in [0.29, 0.717) is 23.4 Å². The van der Waals surface area contributed by atoms with Crippen LogP contribution in [0.4, 0.5) is 5.00 Å². The number of nitrogens with one attached hydrogen (secondary N) is 1. The molecule has 0 aliphatic heterocycles. The molecule has 0 radical (unpaired) electrons. The van der Waals surface area contributed by atoms with Crippen LogP contribution in [-0.4, -0.2) is 10.9 Å². The van der Waals surface area contributed by atoms with Gasteiger partial charge >= 0.3 is 0 Å². The van der Waals surface area contributed by atoms with Crippen LogP contribution >= 0.6 is 11.3 Å². The fraction of sp³-hybridized carbons (Fsp3) is 0.105. The summed E-state index contributed by atoms with van der Waals surface area (Å²) in [6, 6.07) is 17.6. The standard InChI is InChI=1S/C19H15N3OS/c20-13-16-12-17(15-8-10-21-11-9-15)24-19(16)22-18(23)7-6-14-4-2-1-3-5-14/h1-5,8-12H,6-7H2,(H,22,23). The van der Waals surface area contributed by atoms with Crippen LogP contribution in [0.5, 0.6) is 0 Å². The number of hydrogen-bond acceptors (Lipinski definition) is 4. The normalized spacial score (nSPS) is 10.1. The summed E-state index contributed by atoms with van der Waals surface area (Å²) in [6.45, 7) is 0. The molecule has 0 saturated heterocycles. The monoisotopic (exact) mass is 333 g/mol. The van der Waals surface area contributed by atoms with Crippen molar-refractivity contribution in [3.8, 4) is 16.5 Å². The van der Waals surface area contributed by atoms with Crippen LogP contribution in [0.25, 0.3) is 10.4 Å². The van der Waals surface area contributed by atoms with E-state index in [-0.39, 0.29) is 5.91 Å². The number of hydrogen-bond donors (Lipinski definition) is 1. The van der Waals surface area contributed by atoms with E-state index in [4.69, 9.17) is 0 Å². The van der Waals surface area contributed by atoms with Gasteiger partial charge in [-0.05, 0) is 35.7 Å². The summed E-state index contributed by atoms with van der Waals surface area (Å²) in [5, 5.41) is 12.8. The van der Waals surface area contributed by atoms with E-state index in [1.54, 1.807) is 18.5 Å². The Morgan fingerprint density at radius 2 is 1.92 bits per heavy atom. The van der Waals surface area contributed by atoms with Crippen molar-refractivity contribution in [1.82, 2.24) is 4.98 Å². The average molecular weight is 333 g/mol. The van der Waals surface area contributed by atoms with Crippen LogP contribution in [0.3, 0.4) is 0 Å². The van der Waals surface area contributed by atoms with E-state index in [1.165, 1.54) is 11.3 Å². The maximum absolute atomic E-state index is 12.2. The molecular weight excluding hydrogens is 318 g/mol. The Morgan fingerprint density at radius 1 is 1.17 bits per heavy atom.